The van der Waals surface area contributed by atoms with Crippen molar-refractivity contribution in [2.24, 2.45) is 5.73 Å². The van der Waals surface area contributed by atoms with E-state index in [0.29, 0.717) is 0 Å². The van der Waals surface area contributed by atoms with Crippen LogP contribution >= 0.6 is 25.3 Å². The Morgan fingerprint density at radius 1 is 1.43 bits per heavy atom. The highest BCUT2D eigenvalue weighted by atomic mass is 32.1. The number of hydrogen-bond donors (Lipinski definition) is 3. The van der Waals surface area contributed by atoms with Crippen LogP contribution < -0.4 is 5.73 Å². The molecule has 1 unspecified atom stereocenters. The van der Waals surface area contributed by atoms with Gasteiger partial charge in [-0.3, -0.25) is 0 Å². The first-order valence-electron chi connectivity index (χ1n) is 2.28. The van der Waals surface area contributed by atoms with Gasteiger partial charge in [0.05, 0.1) is 0 Å². The molecule has 1 atom stereocenters. The van der Waals surface area contributed by atoms with E-state index in [1.54, 1.807) is 0 Å². The minimum atomic E-state index is 0.237. The summed E-state index contributed by atoms with van der Waals surface area (Å²) < 4.78 is 0. The third-order valence-corrected chi connectivity index (χ3v) is 1.46. The molecule has 0 aliphatic heterocycles. The first-order valence-corrected chi connectivity index (χ1v) is 3.55. The van der Waals surface area contributed by atoms with Crippen LogP contribution in [-0.2, 0) is 0 Å². The maximum Gasteiger partial charge on any atom is 0.0135 e. The van der Waals surface area contributed by atoms with Gasteiger partial charge in [-0.1, -0.05) is 0 Å². The molecule has 0 fully saturated rings. The van der Waals surface area contributed by atoms with Gasteiger partial charge in [0.2, 0.25) is 0 Å². The van der Waals surface area contributed by atoms with Crippen LogP contribution in [0.25, 0.3) is 0 Å². The molecule has 0 aromatic carbocycles. The van der Waals surface area contributed by atoms with Crippen LogP contribution in [0.15, 0.2) is 0 Å². The Hall–Kier alpha value is 0.660. The molecule has 1 nitrogen and oxygen atoms in total. The van der Waals surface area contributed by atoms with Crippen molar-refractivity contribution in [2.75, 3.05) is 11.5 Å². The zero-order valence-electron chi connectivity index (χ0n) is 4.17. The number of hydrogen-bond acceptors (Lipinski definition) is 3. The van der Waals surface area contributed by atoms with E-state index in [1.165, 1.54) is 0 Å². The largest absolute Gasteiger partial charge is 0.327 e. The van der Waals surface area contributed by atoms with Crippen molar-refractivity contribution >= 4 is 25.3 Å². The van der Waals surface area contributed by atoms with E-state index in [-0.39, 0.29) is 6.04 Å². The third-order valence-electron chi connectivity index (χ3n) is 0.734. The van der Waals surface area contributed by atoms with Gasteiger partial charge in [-0.2, -0.15) is 25.3 Å². The molecule has 0 heterocycles. The minimum absolute atomic E-state index is 0.237. The summed E-state index contributed by atoms with van der Waals surface area (Å²) in [6.45, 7) is 0. The SMILES string of the molecule is NC(CS)CCS. The molecule has 2 N–H and O–H groups in total. The summed E-state index contributed by atoms with van der Waals surface area (Å²) >= 11 is 7.99. The van der Waals surface area contributed by atoms with Crippen LogP contribution in [0, 0.1) is 0 Å². The first-order chi connectivity index (χ1) is 3.31. The van der Waals surface area contributed by atoms with E-state index >= 15 is 0 Å². The standard InChI is InChI=1S/C4H11NS2/c5-4(3-7)1-2-6/h4,6-7H,1-3,5H2. The summed E-state index contributed by atoms with van der Waals surface area (Å²) in [6.07, 6.45) is 0.965. The van der Waals surface area contributed by atoms with Gasteiger partial charge >= 0.3 is 0 Å². The lowest BCUT2D eigenvalue weighted by Crippen LogP contribution is -2.21. The van der Waals surface area contributed by atoms with Crippen LogP contribution in [0.3, 0.4) is 0 Å². The maximum absolute atomic E-state index is 5.46. The molecule has 0 aliphatic carbocycles. The fourth-order valence-electron chi connectivity index (χ4n) is 0.257. The molecule has 0 radical (unpaired) electrons. The van der Waals surface area contributed by atoms with Gasteiger partial charge in [0.1, 0.15) is 0 Å². The van der Waals surface area contributed by atoms with Crippen molar-refractivity contribution in [2.45, 2.75) is 12.5 Å². The summed E-state index contributed by atoms with van der Waals surface area (Å²) in [5.74, 6) is 1.63. The van der Waals surface area contributed by atoms with E-state index in [4.69, 9.17) is 5.73 Å². The van der Waals surface area contributed by atoms with Crippen LogP contribution in [0.5, 0.6) is 0 Å². The smallest absolute Gasteiger partial charge is 0.0135 e. The molecule has 0 aliphatic rings. The number of rotatable bonds is 3. The fourth-order valence-corrected chi connectivity index (χ4v) is 0.771. The normalized spacial score (nSPS) is 14.1. The van der Waals surface area contributed by atoms with E-state index in [1.807, 2.05) is 0 Å². The highest BCUT2D eigenvalue weighted by Crippen LogP contribution is 1.91. The Kier molecular flexibility index (Phi) is 5.26. The molecule has 0 spiro atoms. The zero-order valence-corrected chi connectivity index (χ0v) is 5.96. The molecule has 0 rings (SSSR count). The molecule has 7 heavy (non-hydrogen) atoms. The summed E-state index contributed by atoms with van der Waals surface area (Å²) in [5, 5.41) is 0. The monoisotopic (exact) mass is 137 g/mol. The molecule has 0 aromatic heterocycles. The van der Waals surface area contributed by atoms with Crippen LogP contribution in [-0.4, -0.2) is 17.5 Å². The second-order valence-corrected chi connectivity index (χ2v) is 2.27. The number of thiol groups is 2. The van der Waals surface area contributed by atoms with E-state index in [0.717, 1.165) is 17.9 Å². The predicted molar refractivity (Wildman–Crippen MR) is 40.3 cm³/mol. The highest BCUT2D eigenvalue weighted by Gasteiger charge is 1.93. The molecule has 0 saturated carbocycles. The van der Waals surface area contributed by atoms with Crippen molar-refractivity contribution in [1.82, 2.24) is 0 Å². The van der Waals surface area contributed by atoms with Crippen molar-refractivity contribution in [3.63, 3.8) is 0 Å². The molecule has 0 bridgehead atoms. The van der Waals surface area contributed by atoms with Gasteiger partial charge < -0.3 is 5.73 Å². The molecular weight excluding hydrogens is 126 g/mol. The Balaban J connectivity index is 2.83. The number of nitrogens with two attached hydrogens (primary N) is 1. The minimum Gasteiger partial charge on any atom is -0.327 e. The summed E-state index contributed by atoms with van der Waals surface area (Å²) in [4.78, 5) is 0. The lowest BCUT2D eigenvalue weighted by atomic mass is 10.3. The summed E-state index contributed by atoms with van der Waals surface area (Å²) in [6, 6.07) is 0.237. The second kappa shape index (κ2) is 4.81. The Labute approximate surface area is 55.5 Å². The van der Waals surface area contributed by atoms with Crippen LogP contribution in [0.1, 0.15) is 6.42 Å². The summed E-state index contributed by atoms with van der Waals surface area (Å²) in [5.41, 5.74) is 5.46. The highest BCUT2D eigenvalue weighted by molar-refractivity contribution is 7.80. The third kappa shape index (κ3) is 4.51. The molecular formula is C4H11NS2. The quantitative estimate of drug-likeness (QED) is 0.487. The Morgan fingerprint density at radius 3 is 2.14 bits per heavy atom. The topological polar surface area (TPSA) is 26.0 Å². The molecule has 0 saturated heterocycles. The van der Waals surface area contributed by atoms with Crippen molar-refractivity contribution in [3.05, 3.63) is 0 Å². The second-order valence-electron chi connectivity index (χ2n) is 1.45. The first kappa shape index (κ1) is 7.66. The van der Waals surface area contributed by atoms with Crippen molar-refractivity contribution < 1.29 is 0 Å². The van der Waals surface area contributed by atoms with Crippen LogP contribution in [0.2, 0.25) is 0 Å². The zero-order chi connectivity index (χ0) is 5.70. The fraction of sp³-hybridized carbons (Fsp3) is 1.00. The van der Waals surface area contributed by atoms with Crippen LogP contribution in [0.4, 0.5) is 0 Å². The van der Waals surface area contributed by atoms with E-state index in [2.05, 4.69) is 25.3 Å². The van der Waals surface area contributed by atoms with Crippen molar-refractivity contribution in [1.29, 1.82) is 0 Å². The van der Waals surface area contributed by atoms with Gasteiger partial charge in [0.25, 0.3) is 0 Å². The lowest BCUT2D eigenvalue weighted by Gasteiger charge is -2.02. The maximum atomic E-state index is 5.46. The van der Waals surface area contributed by atoms with Gasteiger partial charge in [0.15, 0.2) is 0 Å². The molecule has 0 amide bonds. The molecule has 44 valence electrons. The molecule has 3 heteroatoms. The van der Waals surface area contributed by atoms with Gasteiger partial charge in [-0.25, -0.2) is 0 Å². The van der Waals surface area contributed by atoms with Crippen molar-refractivity contribution in [3.8, 4) is 0 Å². The summed E-state index contributed by atoms with van der Waals surface area (Å²) in [7, 11) is 0. The Morgan fingerprint density at radius 2 is 2.00 bits per heavy atom. The average Bonchev–Trinajstić information content (AvgIpc) is 1.68. The predicted octanol–water partition coefficient (Wildman–Crippen LogP) is 0.563. The lowest BCUT2D eigenvalue weighted by molar-refractivity contribution is 0.735. The molecule has 0 aromatic rings. The Bertz CT molecular complexity index is 40.7. The van der Waals surface area contributed by atoms with Gasteiger partial charge in [0, 0.05) is 11.8 Å². The van der Waals surface area contributed by atoms with Gasteiger partial charge in [-0.05, 0) is 12.2 Å². The van der Waals surface area contributed by atoms with E-state index < -0.39 is 0 Å². The average molecular weight is 137 g/mol. The van der Waals surface area contributed by atoms with Gasteiger partial charge in [-0.15, -0.1) is 0 Å². The van der Waals surface area contributed by atoms with E-state index in [9.17, 15) is 0 Å².